The number of nitrogens with zero attached hydrogens (tertiary/aromatic N) is 1. The lowest BCUT2D eigenvalue weighted by molar-refractivity contribution is -0.258. The topological polar surface area (TPSA) is 57.2 Å². The van der Waals surface area contributed by atoms with Crippen LogP contribution in [0.4, 0.5) is 5.69 Å². The minimum Gasteiger partial charge on any atom is -0.497 e. The van der Waals surface area contributed by atoms with Crippen molar-refractivity contribution in [2.24, 2.45) is 0 Å². The van der Waals surface area contributed by atoms with Crippen molar-refractivity contribution in [2.45, 2.75) is 25.7 Å². The summed E-state index contributed by atoms with van der Waals surface area (Å²) >= 11 is 0. The van der Waals surface area contributed by atoms with E-state index in [1.807, 2.05) is 62.4 Å². The summed E-state index contributed by atoms with van der Waals surface area (Å²) < 4.78 is 22.5. The third-order valence-electron chi connectivity index (χ3n) is 4.64. The molecule has 1 saturated heterocycles. The standard InChI is InChI=1S/C21H25NO5/c1-5-26-21(27-6-2)19(17-9-7-8-10-18(17)25-4)22(20(21)23)15-11-13-16(24-3)14-12-15/h7-14,19H,5-6H2,1-4H3. The van der Waals surface area contributed by atoms with Gasteiger partial charge < -0.3 is 18.9 Å². The molecule has 1 amide bonds. The van der Waals surface area contributed by atoms with Crippen molar-refractivity contribution in [3.63, 3.8) is 0 Å². The molecule has 6 nitrogen and oxygen atoms in total. The average Bonchev–Trinajstić information content (AvgIpc) is 2.71. The van der Waals surface area contributed by atoms with Crippen LogP contribution < -0.4 is 14.4 Å². The second-order valence-electron chi connectivity index (χ2n) is 6.05. The summed E-state index contributed by atoms with van der Waals surface area (Å²) in [7, 11) is 3.22. The minimum atomic E-state index is -1.36. The van der Waals surface area contributed by atoms with Crippen molar-refractivity contribution in [1.82, 2.24) is 0 Å². The number of para-hydroxylation sites is 1. The second-order valence-corrected chi connectivity index (χ2v) is 6.05. The zero-order valence-electron chi connectivity index (χ0n) is 16.1. The zero-order chi connectivity index (χ0) is 19.4. The molecule has 1 unspecified atom stereocenters. The smallest absolute Gasteiger partial charge is 0.290 e. The molecule has 0 aromatic heterocycles. The molecule has 6 heteroatoms. The summed E-state index contributed by atoms with van der Waals surface area (Å²) in [6, 6.07) is 14.5. The number of carbonyl (C=O) groups is 1. The first kappa shape index (κ1) is 19.2. The summed E-state index contributed by atoms with van der Waals surface area (Å²) in [6.07, 6.45) is 0. The molecule has 1 atom stereocenters. The molecule has 144 valence electrons. The van der Waals surface area contributed by atoms with Crippen molar-refractivity contribution in [2.75, 3.05) is 32.3 Å². The van der Waals surface area contributed by atoms with E-state index < -0.39 is 11.8 Å². The molecule has 0 spiro atoms. The number of hydrogen-bond donors (Lipinski definition) is 0. The van der Waals surface area contributed by atoms with E-state index in [0.29, 0.717) is 19.0 Å². The first-order chi connectivity index (χ1) is 13.1. The highest BCUT2D eigenvalue weighted by molar-refractivity contribution is 6.07. The Kier molecular flexibility index (Phi) is 5.68. The SMILES string of the molecule is CCOC1(OCC)C(=O)N(c2ccc(OC)cc2)C1c1ccccc1OC. The van der Waals surface area contributed by atoms with Gasteiger partial charge in [0.25, 0.3) is 11.7 Å². The number of methoxy groups -OCH3 is 2. The van der Waals surface area contributed by atoms with Crippen LogP contribution >= 0.6 is 0 Å². The van der Waals surface area contributed by atoms with E-state index in [1.165, 1.54) is 0 Å². The zero-order valence-corrected chi connectivity index (χ0v) is 16.1. The fourth-order valence-corrected chi connectivity index (χ4v) is 3.50. The molecular formula is C21H25NO5. The van der Waals surface area contributed by atoms with E-state index in [2.05, 4.69) is 0 Å². The van der Waals surface area contributed by atoms with Crippen LogP contribution in [-0.4, -0.2) is 39.1 Å². The van der Waals surface area contributed by atoms with E-state index in [4.69, 9.17) is 18.9 Å². The molecule has 0 saturated carbocycles. The number of amides is 1. The van der Waals surface area contributed by atoms with Crippen molar-refractivity contribution in [1.29, 1.82) is 0 Å². The molecule has 2 aromatic carbocycles. The number of benzene rings is 2. The largest absolute Gasteiger partial charge is 0.497 e. The number of ether oxygens (including phenoxy) is 4. The van der Waals surface area contributed by atoms with Crippen LogP contribution in [0.2, 0.25) is 0 Å². The Bertz CT molecular complexity index is 783. The fourth-order valence-electron chi connectivity index (χ4n) is 3.50. The highest BCUT2D eigenvalue weighted by Crippen LogP contribution is 2.51. The number of β-lactam (4-membered cyclic amide) rings is 1. The average molecular weight is 371 g/mol. The molecule has 1 aliphatic heterocycles. The van der Waals surface area contributed by atoms with Crippen molar-refractivity contribution >= 4 is 11.6 Å². The molecule has 0 radical (unpaired) electrons. The Morgan fingerprint density at radius 2 is 1.56 bits per heavy atom. The van der Waals surface area contributed by atoms with E-state index in [1.54, 1.807) is 19.1 Å². The lowest BCUT2D eigenvalue weighted by Gasteiger charge is -2.54. The van der Waals surface area contributed by atoms with Gasteiger partial charge in [0.2, 0.25) is 0 Å². The summed E-state index contributed by atoms with van der Waals surface area (Å²) in [5.74, 6) is -0.191. The van der Waals surface area contributed by atoms with Crippen molar-refractivity contribution < 1.29 is 23.7 Å². The Morgan fingerprint density at radius 3 is 2.11 bits per heavy atom. The van der Waals surface area contributed by atoms with E-state index in [0.717, 1.165) is 17.0 Å². The maximum atomic E-state index is 13.2. The molecule has 0 aliphatic carbocycles. The fraction of sp³-hybridized carbons (Fsp3) is 0.381. The monoisotopic (exact) mass is 371 g/mol. The lowest BCUT2D eigenvalue weighted by Crippen LogP contribution is -2.71. The molecule has 1 heterocycles. The Labute approximate surface area is 159 Å². The van der Waals surface area contributed by atoms with Gasteiger partial charge in [-0.1, -0.05) is 18.2 Å². The highest BCUT2D eigenvalue weighted by atomic mass is 16.7. The minimum absolute atomic E-state index is 0.229. The molecule has 3 rings (SSSR count). The van der Waals surface area contributed by atoms with Gasteiger partial charge in [-0.25, -0.2) is 0 Å². The quantitative estimate of drug-likeness (QED) is 0.525. The van der Waals surface area contributed by atoms with E-state index >= 15 is 0 Å². The van der Waals surface area contributed by atoms with Crippen LogP contribution in [0.5, 0.6) is 11.5 Å². The van der Waals surface area contributed by atoms with Crippen LogP contribution in [-0.2, 0) is 14.3 Å². The van der Waals surface area contributed by atoms with Crippen molar-refractivity contribution in [3.05, 3.63) is 54.1 Å². The third-order valence-corrected chi connectivity index (χ3v) is 4.64. The van der Waals surface area contributed by atoms with Gasteiger partial charge in [-0.15, -0.1) is 0 Å². The maximum absolute atomic E-state index is 13.2. The van der Waals surface area contributed by atoms with Gasteiger partial charge in [0, 0.05) is 24.5 Å². The Hall–Kier alpha value is -2.57. The van der Waals surface area contributed by atoms with Gasteiger partial charge in [0.05, 0.1) is 14.2 Å². The first-order valence-corrected chi connectivity index (χ1v) is 9.01. The van der Waals surface area contributed by atoms with E-state index in [-0.39, 0.29) is 5.91 Å². The lowest BCUT2D eigenvalue weighted by atomic mass is 9.85. The summed E-state index contributed by atoms with van der Waals surface area (Å²) in [6.45, 7) is 4.41. The molecule has 1 fully saturated rings. The van der Waals surface area contributed by atoms with Gasteiger partial charge in [-0.05, 0) is 44.2 Å². The van der Waals surface area contributed by atoms with E-state index in [9.17, 15) is 4.79 Å². The molecule has 2 aromatic rings. The third kappa shape index (κ3) is 3.15. The van der Waals surface area contributed by atoms with Crippen LogP contribution in [0.15, 0.2) is 48.5 Å². The van der Waals surface area contributed by atoms with Crippen LogP contribution in [0, 0.1) is 0 Å². The molecule has 27 heavy (non-hydrogen) atoms. The van der Waals surface area contributed by atoms with Crippen molar-refractivity contribution in [3.8, 4) is 11.5 Å². The summed E-state index contributed by atoms with van der Waals surface area (Å²) in [5.41, 5.74) is 1.57. The number of rotatable bonds is 8. The Balaban J connectivity index is 2.10. The highest BCUT2D eigenvalue weighted by Gasteiger charge is 2.65. The van der Waals surface area contributed by atoms with Gasteiger partial charge in [0.1, 0.15) is 17.5 Å². The number of anilines is 1. The normalized spacial score (nSPS) is 18.1. The Morgan fingerprint density at radius 1 is 0.926 bits per heavy atom. The number of carbonyl (C=O) groups excluding carboxylic acids is 1. The molecular weight excluding hydrogens is 346 g/mol. The van der Waals surface area contributed by atoms with Gasteiger partial charge >= 0.3 is 0 Å². The first-order valence-electron chi connectivity index (χ1n) is 9.01. The maximum Gasteiger partial charge on any atom is 0.290 e. The van der Waals surface area contributed by atoms with Gasteiger partial charge in [0.15, 0.2) is 0 Å². The van der Waals surface area contributed by atoms with Gasteiger partial charge in [-0.2, -0.15) is 0 Å². The molecule has 0 N–H and O–H groups in total. The van der Waals surface area contributed by atoms with Crippen LogP contribution in [0.3, 0.4) is 0 Å². The predicted molar refractivity (Wildman–Crippen MR) is 102 cm³/mol. The number of hydrogen-bond acceptors (Lipinski definition) is 5. The molecule has 0 bridgehead atoms. The summed E-state index contributed by atoms with van der Waals surface area (Å²) in [4.78, 5) is 14.9. The summed E-state index contributed by atoms with van der Waals surface area (Å²) in [5, 5.41) is 0. The molecule has 1 aliphatic rings. The second kappa shape index (κ2) is 7.98. The van der Waals surface area contributed by atoms with Crippen LogP contribution in [0.25, 0.3) is 0 Å². The van der Waals surface area contributed by atoms with Crippen LogP contribution in [0.1, 0.15) is 25.5 Å². The van der Waals surface area contributed by atoms with Gasteiger partial charge in [-0.3, -0.25) is 9.69 Å². The predicted octanol–water partition coefficient (Wildman–Crippen LogP) is 3.56.